The fourth-order valence-corrected chi connectivity index (χ4v) is 4.90. The van der Waals surface area contributed by atoms with Gasteiger partial charge < -0.3 is 9.73 Å². The van der Waals surface area contributed by atoms with Crippen LogP contribution in [0.3, 0.4) is 0 Å². The molecule has 0 spiro atoms. The molecule has 0 unspecified atom stereocenters. The Balaban J connectivity index is 1.57. The second-order valence-electron chi connectivity index (χ2n) is 7.18. The average Bonchev–Trinajstić information content (AvgIpc) is 3.20. The number of hydrogen-bond donors (Lipinski definition) is 1. The zero-order valence-electron chi connectivity index (χ0n) is 15.8. The summed E-state index contributed by atoms with van der Waals surface area (Å²) in [5, 5.41) is 2.98. The Labute approximate surface area is 164 Å². The third-order valence-electron chi connectivity index (χ3n) is 5.00. The van der Waals surface area contributed by atoms with Crippen molar-refractivity contribution in [3.8, 4) is 0 Å². The van der Waals surface area contributed by atoms with Crippen LogP contribution >= 0.6 is 0 Å². The second-order valence-corrected chi connectivity index (χ2v) is 9.12. The predicted molar refractivity (Wildman–Crippen MR) is 103 cm³/mol. The van der Waals surface area contributed by atoms with Gasteiger partial charge in [0.25, 0.3) is 0 Å². The van der Waals surface area contributed by atoms with Crippen molar-refractivity contribution in [2.75, 3.05) is 13.1 Å². The number of furan rings is 1. The lowest BCUT2D eigenvalue weighted by Crippen LogP contribution is -2.47. The molecular formula is C20H25FN2O4S. The summed E-state index contributed by atoms with van der Waals surface area (Å²) in [5.41, 5.74) is 0. The van der Waals surface area contributed by atoms with Crippen molar-refractivity contribution in [2.24, 2.45) is 5.92 Å². The van der Waals surface area contributed by atoms with Gasteiger partial charge in [0.1, 0.15) is 11.6 Å². The average molecular weight is 408 g/mol. The molecule has 2 heterocycles. The molecule has 2 atom stereocenters. The monoisotopic (exact) mass is 408 g/mol. The van der Waals surface area contributed by atoms with Crippen molar-refractivity contribution < 1.29 is 22.0 Å². The highest BCUT2D eigenvalue weighted by Gasteiger charge is 2.33. The van der Waals surface area contributed by atoms with E-state index in [1.807, 2.05) is 19.1 Å². The van der Waals surface area contributed by atoms with Gasteiger partial charge in [0, 0.05) is 25.6 Å². The normalized spacial score (nSPS) is 19.3. The van der Waals surface area contributed by atoms with Crippen LogP contribution in [0.15, 0.2) is 52.0 Å². The minimum Gasteiger partial charge on any atom is -0.469 e. The number of aryl methyl sites for hydroxylation is 1. The van der Waals surface area contributed by atoms with Crippen LogP contribution in [0.2, 0.25) is 0 Å². The van der Waals surface area contributed by atoms with Crippen LogP contribution < -0.4 is 5.32 Å². The summed E-state index contributed by atoms with van der Waals surface area (Å²) in [7, 11) is -3.74. The molecule has 0 radical (unpaired) electrons. The van der Waals surface area contributed by atoms with E-state index < -0.39 is 21.8 Å². The maximum absolute atomic E-state index is 13.1. The first kappa shape index (κ1) is 20.5. The van der Waals surface area contributed by atoms with E-state index in [2.05, 4.69) is 5.32 Å². The fraction of sp³-hybridized carbons (Fsp3) is 0.450. The maximum atomic E-state index is 13.1. The van der Waals surface area contributed by atoms with E-state index in [9.17, 15) is 17.6 Å². The van der Waals surface area contributed by atoms with Gasteiger partial charge in [-0.15, -0.1) is 0 Å². The second kappa shape index (κ2) is 8.87. The summed E-state index contributed by atoms with van der Waals surface area (Å²) in [6.07, 6.45) is 4.34. The molecule has 0 bridgehead atoms. The first-order valence-electron chi connectivity index (χ1n) is 9.45. The van der Waals surface area contributed by atoms with E-state index in [1.54, 1.807) is 6.26 Å². The van der Waals surface area contributed by atoms with Gasteiger partial charge in [0.2, 0.25) is 15.9 Å². The van der Waals surface area contributed by atoms with Gasteiger partial charge in [-0.3, -0.25) is 4.79 Å². The van der Waals surface area contributed by atoms with Crippen LogP contribution in [0, 0.1) is 11.7 Å². The van der Waals surface area contributed by atoms with Crippen LogP contribution in [0.1, 0.15) is 31.9 Å². The molecule has 1 saturated heterocycles. The van der Waals surface area contributed by atoms with Gasteiger partial charge in [0.15, 0.2) is 0 Å². The molecule has 6 nitrogen and oxygen atoms in total. The standard InChI is InChI=1S/C20H25FN2O4S/c1-15(6-9-18-5-3-13-27-18)22-20(24)16-4-2-12-23(14-16)28(25,26)19-10-7-17(21)8-11-19/h3,5,7-8,10-11,13,15-16H,2,4,6,9,12,14H2,1H3,(H,22,24)/t15-,16-/m1/s1. The van der Waals surface area contributed by atoms with Crippen molar-refractivity contribution in [1.82, 2.24) is 9.62 Å². The highest BCUT2D eigenvalue weighted by molar-refractivity contribution is 7.89. The molecule has 28 heavy (non-hydrogen) atoms. The Bertz CT molecular complexity index is 881. The largest absolute Gasteiger partial charge is 0.469 e. The molecule has 2 aromatic rings. The Morgan fingerprint density at radius 1 is 1.32 bits per heavy atom. The quantitative estimate of drug-likeness (QED) is 0.764. The van der Waals surface area contributed by atoms with Crippen molar-refractivity contribution in [3.63, 3.8) is 0 Å². The number of carbonyl (C=O) groups is 1. The van der Waals surface area contributed by atoms with Gasteiger partial charge in [-0.25, -0.2) is 12.8 Å². The number of amides is 1. The molecule has 1 aromatic heterocycles. The van der Waals surface area contributed by atoms with Crippen molar-refractivity contribution in [1.29, 1.82) is 0 Å². The van der Waals surface area contributed by atoms with Crippen molar-refractivity contribution >= 4 is 15.9 Å². The van der Waals surface area contributed by atoms with E-state index in [-0.39, 0.29) is 23.4 Å². The maximum Gasteiger partial charge on any atom is 0.243 e. The SMILES string of the molecule is C[C@H](CCc1ccco1)NC(=O)[C@@H]1CCCN(S(=O)(=O)c2ccc(F)cc2)C1. The smallest absolute Gasteiger partial charge is 0.243 e. The molecule has 1 N–H and O–H groups in total. The van der Waals surface area contributed by atoms with Gasteiger partial charge in [-0.05, 0) is 62.6 Å². The Morgan fingerprint density at radius 3 is 2.75 bits per heavy atom. The lowest BCUT2D eigenvalue weighted by atomic mass is 9.98. The summed E-state index contributed by atoms with van der Waals surface area (Å²) in [4.78, 5) is 12.7. The number of nitrogens with zero attached hydrogens (tertiary/aromatic N) is 1. The molecule has 8 heteroatoms. The number of rotatable bonds is 7. The molecule has 0 saturated carbocycles. The summed E-state index contributed by atoms with van der Waals surface area (Å²) < 4.78 is 45.3. The third kappa shape index (κ3) is 4.99. The van der Waals surface area contributed by atoms with Gasteiger partial charge in [-0.1, -0.05) is 0 Å². The summed E-state index contributed by atoms with van der Waals surface area (Å²) in [5.74, 6) is -0.144. The van der Waals surface area contributed by atoms with Crippen LogP contribution in [-0.4, -0.2) is 37.8 Å². The van der Waals surface area contributed by atoms with Crippen LogP contribution in [-0.2, 0) is 21.2 Å². The van der Waals surface area contributed by atoms with E-state index in [0.29, 0.717) is 19.4 Å². The fourth-order valence-electron chi connectivity index (χ4n) is 3.38. The number of hydrogen-bond acceptors (Lipinski definition) is 4. The van der Waals surface area contributed by atoms with E-state index in [1.165, 1.54) is 16.4 Å². The van der Waals surface area contributed by atoms with Crippen LogP contribution in [0.5, 0.6) is 0 Å². The molecule has 152 valence electrons. The lowest BCUT2D eigenvalue weighted by Gasteiger charge is -2.31. The number of carbonyl (C=O) groups excluding carboxylic acids is 1. The van der Waals surface area contributed by atoms with E-state index >= 15 is 0 Å². The lowest BCUT2D eigenvalue weighted by molar-refractivity contribution is -0.126. The Hall–Kier alpha value is -2.19. The highest BCUT2D eigenvalue weighted by atomic mass is 32.2. The van der Waals surface area contributed by atoms with Crippen molar-refractivity contribution in [2.45, 2.75) is 43.5 Å². The molecular weight excluding hydrogens is 383 g/mol. The molecule has 1 fully saturated rings. The molecule has 1 aliphatic heterocycles. The zero-order valence-corrected chi connectivity index (χ0v) is 16.6. The summed E-state index contributed by atoms with van der Waals surface area (Å²) >= 11 is 0. The molecule has 1 aliphatic rings. The van der Waals surface area contributed by atoms with E-state index in [4.69, 9.17) is 4.42 Å². The number of piperidine rings is 1. The van der Waals surface area contributed by atoms with Crippen LogP contribution in [0.4, 0.5) is 4.39 Å². The van der Waals surface area contributed by atoms with Crippen LogP contribution in [0.25, 0.3) is 0 Å². The molecule has 3 rings (SSSR count). The third-order valence-corrected chi connectivity index (χ3v) is 6.88. The Morgan fingerprint density at radius 2 is 2.07 bits per heavy atom. The topological polar surface area (TPSA) is 79.6 Å². The van der Waals surface area contributed by atoms with E-state index in [0.717, 1.165) is 30.7 Å². The zero-order chi connectivity index (χ0) is 20.1. The Kier molecular flexibility index (Phi) is 6.51. The summed E-state index contributed by atoms with van der Waals surface area (Å²) in [6.45, 7) is 2.42. The molecule has 1 aromatic carbocycles. The number of benzene rings is 1. The molecule has 1 amide bonds. The minimum atomic E-state index is -3.74. The number of sulfonamides is 1. The van der Waals surface area contributed by atoms with Gasteiger partial charge >= 0.3 is 0 Å². The van der Waals surface area contributed by atoms with Gasteiger partial charge in [-0.2, -0.15) is 4.31 Å². The first-order chi connectivity index (χ1) is 13.4. The first-order valence-corrected chi connectivity index (χ1v) is 10.9. The van der Waals surface area contributed by atoms with Gasteiger partial charge in [0.05, 0.1) is 17.1 Å². The minimum absolute atomic E-state index is 0.0401. The highest BCUT2D eigenvalue weighted by Crippen LogP contribution is 2.24. The predicted octanol–water partition coefficient (Wildman–Crippen LogP) is 2.96. The number of halogens is 1. The summed E-state index contributed by atoms with van der Waals surface area (Å²) in [6, 6.07) is 8.45. The molecule has 0 aliphatic carbocycles. The van der Waals surface area contributed by atoms with Crippen molar-refractivity contribution in [3.05, 3.63) is 54.2 Å². The number of nitrogens with one attached hydrogen (secondary N) is 1.